The Morgan fingerprint density at radius 2 is 2.28 bits per heavy atom. The predicted octanol–water partition coefficient (Wildman–Crippen LogP) is 3.11. The monoisotopic (exact) mass is 263 g/mol. The van der Waals surface area contributed by atoms with Crippen LogP contribution >= 0.6 is 11.6 Å². The lowest BCUT2D eigenvalue weighted by atomic mass is 10.1. The quantitative estimate of drug-likeness (QED) is 0.830. The van der Waals surface area contributed by atoms with Gasteiger partial charge >= 0.3 is 0 Å². The van der Waals surface area contributed by atoms with E-state index in [4.69, 9.17) is 11.6 Å². The van der Waals surface area contributed by atoms with E-state index in [1.54, 1.807) is 0 Å². The average Bonchev–Trinajstić information content (AvgIpc) is 2.94. The molecular formula is C14H18ClN3. The molecule has 0 aliphatic carbocycles. The van der Waals surface area contributed by atoms with Gasteiger partial charge in [-0.2, -0.15) is 0 Å². The zero-order chi connectivity index (χ0) is 12.7. The molecule has 1 aliphatic heterocycles. The third kappa shape index (κ3) is 1.91. The summed E-state index contributed by atoms with van der Waals surface area (Å²) < 4.78 is 2.17. The van der Waals surface area contributed by atoms with Crippen molar-refractivity contribution in [1.82, 2.24) is 14.3 Å². The van der Waals surface area contributed by atoms with Crippen molar-refractivity contribution in [3.05, 3.63) is 34.9 Å². The maximum absolute atomic E-state index is 6.23. The van der Waals surface area contributed by atoms with Gasteiger partial charge in [-0.1, -0.05) is 24.6 Å². The van der Waals surface area contributed by atoms with Crippen LogP contribution in [-0.2, 0) is 0 Å². The number of hydrogen-bond donors (Lipinski definition) is 0. The highest BCUT2D eigenvalue weighted by Crippen LogP contribution is 2.30. The van der Waals surface area contributed by atoms with Crippen LogP contribution in [0.2, 0.25) is 5.15 Å². The Labute approximate surface area is 112 Å². The van der Waals surface area contributed by atoms with Crippen LogP contribution in [-0.4, -0.2) is 33.9 Å². The molecule has 1 fully saturated rings. The van der Waals surface area contributed by atoms with Crippen molar-refractivity contribution in [2.45, 2.75) is 26.2 Å². The minimum absolute atomic E-state index is 0.506. The second-order valence-electron chi connectivity index (χ2n) is 5.10. The summed E-state index contributed by atoms with van der Waals surface area (Å²) in [7, 11) is 0. The first kappa shape index (κ1) is 12.0. The summed E-state index contributed by atoms with van der Waals surface area (Å²) >= 11 is 6.23. The highest BCUT2D eigenvalue weighted by Gasteiger charge is 2.26. The predicted molar refractivity (Wildman–Crippen MR) is 74.4 cm³/mol. The zero-order valence-electron chi connectivity index (χ0n) is 10.9. The molecule has 1 atom stereocenters. The third-order valence-electron chi connectivity index (χ3n) is 3.85. The Kier molecular flexibility index (Phi) is 3.04. The Hall–Kier alpha value is -1.06. The molecule has 4 heteroatoms. The summed E-state index contributed by atoms with van der Waals surface area (Å²) in [6.07, 6.45) is 3.31. The standard InChI is InChI=1S/C14H18ClN3/c1-3-17-7-6-11(9-17)14-16-13(15)12-5-4-10(2)8-18(12)14/h4-5,8,11H,3,6-7,9H2,1-2H3. The Morgan fingerprint density at radius 3 is 3.00 bits per heavy atom. The maximum Gasteiger partial charge on any atom is 0.155 e. The fraction of sp³-hybridized carbons (Fsp3) is 0.500. The van der Waals surface area contributed by atoms with Crippen LogP contribution in [0.4, 0.5) is 0 Å². The molecule has 0 aromatic carbocycles. The fourth-order valence-electron chi connectivity index (χ4n) is 2.79. The van der Waals surface area contributed by atoms with Gasteiger partial charge < -0.3 is 9.30 Å². The van der Waals surface area contributed by atoms with Gasteiger partial charge in [0.15, 0.2) is 5.15 Å². The molecule has 0 N–H and O–H groups in total. The molecule has 96 valence electrons. The van der Waals surface area contributed by atoms with Gasteiger partial charge in [-0.3, -0.25) is 0 Å². The molecule has 2 aromatic heterocycles. The smallest absolute Gasteiger partial charge is 0.155 e. The number of likely N-dealkylation sites (N-methyl/N-ethyl adjacent to an activating group) is 1. The molecule has 3 heterocycles. The van der Waals surface area contributed by atoms with E-state index in [0.717, 1.165) is 24.4 Å². The highest BCUT2D eigenvalue weighted by molar-refractivity contribution is 6.32. The number of nitrogens with zero attached hydrogens (tertiary/aromatic N) is 3. The van der Waals surface area contributed by atoms with Gasteiger partial charge in [-0.05, 0) is 38.1 Å². The van der Waals surface area contributed by atoms with Crippen LogP contribution in [0.3, 0.4) is 0 Å². The average molecular weight is 264 g/mol. The second-order valence-corrected chi connectivity index (χ2v) is 5.46. The van der Waals surface area contributed by atoms with E-state index in [0.29, 0.717) is 11.1 Å². The van der Waals surface area contributed by atoms with Crippen molar-refractivity contribution in [3.63, 3.8) is 0 Å². The van der Waals surface area contributed by atoms with Crippen molar-refractivity contribution in [3.8, 4) is 0 Å². The Bertz CT molecular complexity index is 576. The maximum atomic E-state index is 6.23. The number of pyridine rings is 1. The highest BCUT2D eigenvalue weighted by atomic mass is 35.5. The number of likely N-dealkylation sites (tertiary alicyclic amines) is 1. The molecule has 0 radical (unpaired) electrons. The number of rotatable bonds is 2. The van der Waals surface area contributed by atoms with Gasteiger partial charge in [0.05, 0.1) is 5.52 Å². The molecule has 0 amide bonds. The van der Waals surface area contributed by atoms with Crippen LogP contribution in [0.1, 0.15) is 30.7 Å². The minimum Gasteiger partial charge on any atom is -0.303 e. The van der Waals surface area contributed by atoms with Crippen LogP contribution in [0.25, 0.3) is 5.52 Å². The number of fused-ring (bicyclic) bond motifs is 1. The number of aryl methyl sites for hydroxylation is 1. The summed E-state index contributed by atoms with van der Waals surface area (Å²) in [6.45, 7) is 7.69. The topological polar surface area (TPSA) is 20.5 Å². The van der Waals surface area contributed by atoms with Crippen molar-refractivity contribution in [2.75, 3.05) is 19.6 Å². The van der Waals surface area contributed by atoms with E-state index in [2.05, 4.69) is 46.5 Å². The van der Waals surface area contributed by atoms with Crippen molar-refractivity contribution >= 4 is 17.1 Å². The Morgan fingerprint density at radius 1 is 1.44 bits per heavy atom. The fourth-order valence-corrected chi connectivity index (χ4v) is 3.04. The van der Waals surface area contributed by atoms with Crippen LogP contribution in [0, 0.1) is 6.92 Å². The Balaban J connectivity index is 2.04. The van der Waals surface area contributed by atoms with E-state index in [-0.39, 0.29) is 0 Å². The van der Waals surface area contributed by atoms with E-state index >= 15 is 0 Å². The molecule has 3 rings (SSSR count). The zero-order valence-corrected chi connectivity index (χ0v) is 11.6. The van der Waals surface area contributed by atoms with Crippen LogP contribution in [0.15, 0.2) is 18.3 Å². The lowest BCUT2D eigenvalue weighted by molar-refractivity contribution is 0.352. The molecule has 1 aliphatic rings. The summed E-state index contributed by atoms with van der Waals surface area (Å²) in [5.41, 5.74) is 2.26. The lowest BCUT2D eigenvalue weighted by Gasteiger charge is -2.12. The van der Waals surface area contributed by atoms with Gasteiger partial charge in [0, 0.05) is 18.7 Å². The summed E-state index contributed by atoms with van der Waals surface area (Å²) in [5.74, 6) is 1.63. The molecule has 3 nitrogen and oxygen atoms in total. The van der Waals surface area contributed by atoms with E-state index < -0.39 is 0 Å². The molecule has 0 saturated carbocycles. The van der Waals surface area contributed by atoms with Gasteiger partial charge in [0.25, 0.3) is 0 Å². The summed E-state index contributed by atoms with van der Waals surface area (Å²) in [5, 5.41) is 0.625. The minimum atomic E-state index is 0.506. The lowest BCUT2D eigenvalue weighted by Crippen LogP contribution is -2.19. The summed E-state index contributed by atoms with van der Waals surface area (Å²) in [6, 6.07) is 4.14. The molecule has 0 bridgehead atoms. The largest absolute Gasteiger partial charge is 0.303 e. The molecule has 2 aromatic rings. The molecule has 0 spiro atoms. The SMILES string of the molecule is CCN1CCC(c2nc(Cl)c3ccc(C)cn23)C1. The first-order valence-corrected chi connectivity index (χ1v) is 6.93. The molecule has 1 unspecified atom stereocenters. The number of imidazole rings is 1. The van der Waals surface area contributed by atoms with Gasteiger partial charge in [-0.15, -0.1) is 0 Å². The number of aromatic nitrogens is 2. The van der Waals surface area contributed by atoms with Crippen molar-refractivity contribution in [1.29, 1.82) is 0 Å². The van der Waals surface area contributed by atoms with Crippen LogP contribution in [0.5, 0.6) is 0 Å². The van der Waals surface area contributed by atoms with Crippen molar-refractivity contribution in [2.24, 2.45) is 0 Å². The van der Waals surface area contributed by atoms with E-state index in [1.807, 2.05) is 0 Å². The molecular weight excluding hydrogens is 246 g/mol. The third-order valence-corrected chi connectivity index (χ3v) is 4.13. The first-order valence-electron chi connectivity index (χ1n) is 6.55. The van der Waals surface area contributed by atoms with Crippen LogP contribution < -0.4 is 0 Å². The normalized spacial score (nSPS) is 20.9. The number of halogens is 1. The second kappa shape index (κ2) is 4.56. The van der Waals surface area contributed by atoms with Gasteiger partial charge in [-0.25, -0.2) is 4.98 Å². The van der Waals surface area contributed by atoms with Crippen molar-refractivity contribution < 1.29 is 0 Å². The first-order chi connectivity index (χ1) is 8.69. The molecule has 1 saturated heterocycles. The number of hydrogen-bond acceptors (Lipinski definition) is 2. The van der Waals surface area contributed by atoms with Gasteiger partial charge in [0.2, 0.25) is 0 Å². The molecule has 18 heavy (non-hydrogen) atoms. The van der Waals surface area contributed by atoms with E-state index in [9.17, 15) is 0 Å². The van der Waals surface area contributed by atoms with Gasteiger partial charge in [0.1, 0.15) is 5.82 Å². The summed E-state index contributed by atoms with van der Waals surface area (Å²) in [4.78, 5) is 7.05. The van der Waals surface area contributed by atoms with E-state index in [1.165, 1.54) is 18.5 Å².